The van der Waals surface area contributed by atoms with Gasteiger partial charge in [-0.2, -0.15) is 0 Å². The van der Waals surface area contributed by atoms with E-state index >= 15 is 0 Å². The molecule has 1 aliphatic heterocycles. The summed E-state index contributed by atoms with van der Waals surface area (Å²) in [4.78, 5) is 10.2. The Morgan fingerprint density at radius 3 is 2.78 bits per heavy atom. The first-order chi connectivity index (χ1) is 8.70. The van der Waals surface area contributed by atoms with Crippen LogP contribution in [0.4, 0.5) is 5.69 Å². The highest BCUT2D eigenvalue weighted by Crippen LogP contribution is 2.28. The number of nitro benzene ring substituents is 1. The number of nitrogens with zero attached hydrogens (tertiary/aromatic N) is 1. The van der Waals surface area contributed by atoms with Crippen molar-refractivity contribution in [3.8, 4) is 5.75 Å². The molecule has 1 saturated heterocycles. The molecule has 0 spiro atoms. The van der Waals surface area contributed by atoms with Crippen LogP contribution in [0.25, 0.3) is 0 Å². The fraction of sp³-hybridized carbons (Fsp3) is 0.500. The Balaban J connectivity index is 2.13. The standard InChI is InChI=1S/C12H14ClNO4/c13-8-9-7-10(14(15)16)1-2-12(9)18-11-3-5-17-6-4-11/h1-2,7,11H,3-6,8H2. The summed E-state index contributed by atoms with van der Waals surface area (Å²) in [5, 5.41) is 10.7. The zero-order valence-electron chi connectivity index (χ0n) is 9.80. The van der Waals surface area contributed by atoms with E-state index in [1.807, 2.05) is 0 Å². The number of hydrogen-bond donors (Lipinski definition) is 0. The molecule has 1 heterocycles. The van der Waals surface area contributed by atoms with Gasteiger partial charge in [0.15, 0.2) is 0 Å². The summed E-state index contributed by atoms with van der Waals surface area (Å²) >= 11 is 5.80. The van der Waals surface area contributed by atoms with Gasteiger partial charge in [-0.05, 0) is 6.07 Å². The number of ether oxygens (including phenoxy) is 2. The average molecular weight is 272 g/mol. The Bertz CT molecular complexity index is 432. The first-order valence-corrected chi connectivity index (χ1v) is 6.32. The van der Waals surface area contributed by atoms with E-state index < -0.39 is 4.92 Å². The van der Waals surface area contributed by atoms with Gasteiger partial charge in [0.05, 0.1) is 24.0 Å². The molecule has 98 valence electrons. The van der Waals surface area contributed by atoms with Crippen LogP contribution in [0.5, 0.6) is 5.75 Å². The van der Waals surface area contributed by atoms with Crippen LogP contribution in [0.3, 0.4) is 0 Å². The number of halogens is 1. The molecule has 18 heavy (non-hydrogen) atoms. The Morgan fingerprint density at radius 2 is 2.17 bits per heavy atom. The minimum Gasteiger partial charge on any atom is -0.490 e. The van der Waals surface area contributed by atoms with Crippen molar-refractivity contribution in [2.24, 2.45) is 0 Å². The first kappa shape index (κ1) is 13.1. The van der Waals surface area contributed by atoms with Gasteiger partial charge in [0.25, 0.3) is 5.69 Å². The van der Waals surface area contributed by atoms with Gasteiger partial charge in [-0.25, -0.2) is 0 Å². The lowest BCUT2D eigenvalue weighted by Crippen LogP contribution is -2.26. The van der Waals surface area contributed by atoms with Gasteiger partial charge in [-0.3, -0.25) is 10.1 Å². The van der Waals surface area contributed by atoms with Crippen LogP contribution in [0, 0.1) is 10.1 Å². The highest BCUT2D eigenvalue weighted by Gasteiger charge is 2.18. The minimum absolute atomic E-state index is 0.0324. The number of nitro groups is 1. The largest absolute Gasteiger partial charge is 0.490 e. The van der Waals surface area contributed by atoms with Crippen LogP contribution in [0.15, 0.2) is 18.2 Å². The van der Waals surface area contributed by atoms with E-state index in [2.05, 4.69) is 0 Å². The third-order valence-electron chi connectivity index (χ3n) is 2.86. The molecule has 0 unspecified atom stereocenters. The van der Waals surface area contributed by atoms with Crippen LogP contribution in [0.1, 0.15) is 18.4 Å². The Hall–Kier alpha value is -1.33. The third kappa shape index (κ3) is 3.11. The Kier molecular flexibility index (Phi) is 4.38. The second-order valence-corrected chi connectivity index (χ2v) is 4.38. The highest BCUT2D eigenvalue weighted by molar-refractivity contribution is 6.17. The zero-order valence-corrected chi connectivity index (χ0v) is 10.6. The van der Waals surface area contributed by atoms with Crippen molar-refractivity contribution in [2.45, 2.75) is 24.8 Å². The van der Waals surface area contributed by atoms with E-state index in [1.165, 1.54) is 12.1 Å². The predicted molar refractivity (Wildman–Crippen MR) is 67.1 cm³/mol. The molecule has 0 saturated carbocycles. The topological polar surface area (TPSA) is 61.6 Å². The van der Waals surface area contributed by atoms with Crippen molar-refractivity contribution >= 4 is 17.3 Å². The van der Waals surface area contributed by atoms with E-state index in [0.717, 1.165) is 12.8 Å². The van der Waals surface area contributed by atoms with Gasteiger partial charge in [-0.1, -0.05) is 0 Å². The average Bonchev–Trinajstić information content (AvgIpc) is 2.40. The van der Waals surface area contributed by atoms with Crippen LogP contribution in [-0.4, -0.2) is 24.2 Å². The quantitative estimate of drug-likeness (QED) is 0.480. The Labute approximate surface area is 110 Å². The van der Waals surface area contributed by atoms with Crippen molar-refractivity contribution in [1.29, 1.82) is 0 Å². The maximum Gasteiger partial charge on any atom is 0.270 e. The van der Waals surface area contributed by atoms with E-state index in [1.54, 1.807) is 6.07 Å². The summed E-state index contributed by atoms with van der Waals surface area (Å²) in [7, 11) is 0. The third-order valence-corrected chi connectivity index (χ3v) is 3.15. The molecular weight excluding hydrogens is 258 g/mol. The SMILES string of the molecule is O=[N+]([O-])c1ccc(OC2CCOCC2)c(CCl)c1. The summed E-state index contributed by atoms with van der Waals surface area (Å²) in [6, 6.07) is 4.51. The summed E-state index contributed by atoms with van der Waals surface area (Å²) < 4.78 is 11.1. The molecule has 1 fully saturated rings. The van der Waals surface area contributed by atoms with Gasteiger partial charge < -0.3 is 9.47 Å². The smallest absolute Gasteiger partial charge is 0.270 e. The van der Waals surface area contributed by atoms with Crippen LogP contribution >= 0.6 is 11.6 Å². The van der Waals surface area contributed by atoms with Crippen molar-refractivity contribution in [3.05, 3.63) is 33.9 Å². The maximum atomic E-state index is 10.7. The monoisotopic (exact) mass is 271 g/mol. The second-order valence-electron chi connectivity index (χ2n) is 4.11. The molecule has 0 aromatic heterocycles. The molecule has 0 amide bonds. The number of non-ortho nitro benzene ring substituents is 1. The molecule has 0 atom stereocenters. The van der Waals surface area contributed by atoms with Crippen molar-refractivity contribution in [1.82, 2.24) is 0 Å². The van der Waals surface area contributed by atoms with Gasteiger partial charge >= 0.3 is 0 Å². The van der Waals surface area contributed by atoms with E-state index in [-0.39, 0.29) is 17.7 Å². The second kappa shape index (κ2) is 6.02. The molecule has 0 radical (unpaired) electrons. The summed E-state index contributed by atoms with van der Waals surface area (Å²) in [5.74, 6) is 0.822. The van der Waals surface area contributed by atoms with Crippen molar-refractivity contribution in [2.75, 3.05) is 13.2 Å². The van der Waals surface area contributed by atoms with Gasteiger partial charge in [0, 0.05) is 30.5 Å². The lowest BCUT2D eigenvalue weighted by atomic mass is 10.1. The molecule has 6 heteroatoms. The molecule has 2 rings (SSSR count). The first-order valence-electron chi connectivity index (χ1n) is 5.78. The zero-order chi connectivity index (χ0) is 13.0. The lowest BCUT2D eigenvalue weighted by Gasteiger charge is -2.24. The molecule has 5 nitrogen and oxygen atoms in total. The van der Waals surface area contributed by atoms with Gasteiger partial charge in [0.1, 0.15) is 11.9 Å². The predicted octanol–water partition coefficient (Wildman–Crippen LogP) is 2.89. The highest BCUT2D eigenvalue weighted by atomic mass is 35.5. The normalized spacial score (nSPS) is 16.5. The number of hydrogen-bond acceptors (Lipinski definition) is 4. The lowest BCUT2D eigenvalue weighted by molar-refractivity contribution is -0.384. The van der Waals surface area contributed by atoms with Gasteiger partial charge in [0.2, 0.25) is 0 Å². The van der Waals surface area contributed by atoms with Crippen LogP contribution in [-0.2, 0) is 10.6 Å². The van der Waals surface area contributed by atoms with E-state index in [9.17, 15) is 10.1 Å². The summed E-state index contributed by atoms with van der Waals surface area (Å²) in [6.07, 6.45) is 1.76. The maximum absolute atomic E-state index is 10.7. The van der Waals surface area contributed by atoms with Gasteiger partial charge in [-0.15, -0.1) is 11.6 Å². The number of benzene rings is 1. The fourth-order valence-electron chi connectivity index (χ4n) is 1.87. The minimum atomic E-state index is -0.436. The molecular formula is C12H14ClNO4. The van der Waals surface area contributed by atoms with E-state index in [4.69, 9.17) is 21.1 Å². The molecule has 1 aromatic carbocycles. The van der Waals surface area contributed by atoms with Crippen molar-refractivity contribution < 1.29 is 14.4 Å². The summed E-state index contributed by atoms with van der Waals surface area (Å²) in [5.41, 5.74) is 0.683. The molecule has 1 aliphatic rings. The van der Waals surface area contributed by atoms with E-state index in [0.29, 0.717) is 24.5 Å². The number of alkyl halides is 1. The molecule has 1 aromatic rings. The Morgan fingerprint density at radius 1 is 1.44 bits per heavy atom. The molecule has 0 bridgehead atoms. The van der Waals surface area contributed by atoms with Crippen LogP contribution in [0.2, 0.25) is 0 Å². The molecule has 0 N–H and O–H groups in total. The summed E-state index contributed by atoms with van der Waals surface area (Å²) in [6.45, 7) is 1.38. The fourth-order valence-corrected chi connectivity index (χ4v) is 2.08. The molecule has 0 aliphatic carbocycles. The van der Waals surface area contributed by atoms with Crippen LogP contribution < -0.4 is 4.74 Å². The van der Waals surface area contributed by atoms with Crippen molar-refractivity contribution in [3.63, 3.8) is 0 Å². The number of rotatable bonds is 4.